The van der Waals surface area contributed by atoms with Crippen LogP contribution >= 0.6 is 0 Å². The molecule has 0 saturated carbocycles. The van der Waals surface area contributed by atoms with Crippen molar-refractivity contribution in [2.24, 2.45) is 0 Å². The molecule has 38 heavy (non-hydrogen) atoms. The van der Waals surface area contributed by atoms with Gasteiger partial charge in [0.05, 0.1) is 5.56 Å². The van der Waals surface area contributed by atoms with Crippen molar-refractivity contribution in [3.05, 3.63) is 59.7 Å². The maximum atomic E-state index is 13.4. The summed E-state index contributed by atoms with van der Waals surface area (Å²) in [6, 6.07) is 16.8. The number of nitrogens with zero attached hydrogens (tertiary/aromatic N) is 4. The topological polar surface area (TPSA) is 81.9 Å². The third-order valence-corrected chi connectivity index (χ3v) is 8.81. The number of aromatic nitrogens is 1. The molecule has 1 aromatic heterocycles. The average molecular weight is 516 g/mol. The quantitative estimate of drug-likeness (QED) is 0.549. The van der Waals surface area contributed by atoms with Crippen LogP contribution in [0, 0.1) is 0 Å². The molecule has 3 saturated heterocycles. The van der Waals surface area contributed by atoms with Crippen molar-refractivity contribution >= 4 is 28.9 Å². The second-order valence-corrected chi connectivity index (χ2v) is 11.3. The monoisotopic (exact) mass is 515 g/mol. The number of amides is 2. The minimum atomic E-state index is -0.425. The number of carbonyl (C=O) groups is 2. The van der Waals surface area contributed by atoms with E-state index < -0.39 is 6.04 Å². The van der Waals surface area contributed by atoms with Gasteiger partial charge in [0.15, 0.2) is 5.58 Å². The van der Waals surface area contributed by atoms with Crippen molar-refractivity contribution in [1.82, 2.24) is 20.1 Å². The van der Waals surface area contributed by atoms with E-state index in [-0.39, 0.29) is 23.9 Å². The Morgan fingerprint density at radius 2 is 1.79 bits per heavy atom. The van der Waals surface area contributed by atoms with Crippen molar-refractivity contribution in [2.75, 3.05) is 18.5 Å². The number of hydrogen-bond acceptors (Lipinski definition) is 6. The lowest BCUT2D eigenvalue weighted by Gasteiger charge is -2.47. The van der Waals surface area contributed by atoms with Crippen LogP contribution in [0.4, 0.5) is 6.01 Å². The molecule has 3 aliphatic rings. The van der Waals surface area contributed by atoms with E-state index in [0.717, 1.165) is 18.4 Å². The molecule has 8 heteroatoms. The van der Waals surface area contributed by atoms with Crippen LogP contribution in [0.15, 0.2) is 52.9 Å². The number of nitrogens with one attached hydrogen (secondary N) is 1. The number of oxazole rings is 1. The van der Waals surface area contributed by atoms with Gasteiger partial charge < -0.3 is 24.4 Å². The van der Waals surface area contributed by atoms with Crippen LogP contribution in [0.3, 0.4) is 0 Å². The normalized spacial score (nSPS) is 28.1. The first-order valence-corrected chi connectivity index (χ1v) is 13.9. The first kappa shape index (κ1) is 24.9. The summed E-state index contributed by atoms with van der Waals surface area (Å²) in [5.41, 5.74) is 2.74. The number of benzene rings is 2. The average Bonchev–Trinajstić information content (AvgIpc) is 3.32. The van der Waals surface area contributed by atoms with Crippen LogP contribution in [0.5, 0.6) is 0 Å². The van der Waals surface area contributed by atoms with Crippen molar-refractivity contribution < 1.29 is 14.0 Å². The number of piperazine rings is 1. The zero-order chi connectivity index (χ0) is 26.4. The molecule has 8 nitrogen and oxygen atoms in total. The predicted molar refractivity (Wildman–Crippen MR) is 147 cm³/mol. The Morgan fingerprint density at radius 1 is 1.05 bits per heavy atom. The number of rotatable bonds is 5. The molecule has 6 rings (SSSR count). The van der Waals surface area contributed by atoms with Gasteiger partial charge in [-0.3, -0.25) is 9.59 Å². The van der Waals surface area contributed by atoms with Crippen LogP contribution in [0.2, 0.25) is 0 Å². The standard InChI is InChI=1S/C30H37N5O3/c1-19-17-34(18-21-9-5-4-6-10-21)29(37)20(2)35(19)30-32-27-25(13-8-14-26(27)38-30)28(36)31-22-15-23-11-7-12-24(16-22)33(23)3/h4-6,8-10,13-14,19-20,22-24H,7,11-12,15-18H2,1-3H3,(H,31,36)/t19-,20-,22?,23?,24?/m0/s1. The molecule has 2 unspecified atom stereocenters. The second kappa shape index (κ2) is 10.1. The van der Waals surface area contributed by atoms with Crippen molar-refractivity contribution in [1.29, 1.82) is 0 Å². The smallest absolute Gasteiger partial charge is 0.299 e. The Bertz CT molecular complexity index is 1310. The van der Waals surface area contributed by atoms with E-state index in [1.54, 1.807) is 0 Å². The SMILES string of the molecule is C[C@H]1CN(Cc2ccccc2)C(=O)[C@H](C)N1c1nc2c(C(=O)NC3CC4CCCC(C3)N4C)cccc2o1. The van der Waals surface area contributed by atoms with Gasteiger partial charge in [-0.1, -0.05) is 42.8 Å². The van der Waals surface area contributed by atoms with E-state index in [1.165, 1.54) is 19.3 Å². The van der Waals surface area contributed by atoms with E-state index >= 15 is 0 Å². The number of anilines is 1. The molecule has 1 N–H and O–H groups in total. The lowest BCUT2D eigenvalue weighted by molar-refractivity contribution is -0.135. The predicted octanol–water partition coefficient (Wildman–Crippen LogP) is 4.20. The van der Waals surface area contributed by atoms with E-state index in [9.17, 15) is 9.59 Å². The maximum Gasteiger partial charge on any atom is 0.299 e. The Hall–Kier alpha value is -3.39. The molecule has 0 spiro atoms. The first-order valence-electron chi connectivity index (χ1n) is 13.9. The van der Waals surface area contributed by atoms with E-state index in [2.05, 4.69) is 24.2 Å². The van der Waals surface area contributed by atoms with Gasteiger partial charge in [-0.2, -0.15) is 4.98 Å². The van der Waals surface area contributed by atoms with Gasteiger partial charge >= 0.3 is 0 Å². The molecule has 3 aromatic rings. The van der Waals surface area contributed by atoms with Crippen molar-refractivity contribution in [3.8, 4) is 0 Å². The van der Waals surface area contributed by atoms with E-state index in [4.69, 9.17) is 9.40 Å². The third kappa shape index (κ3) is 4.55. The highest BCUT2D eigenvalue weighted by Crippen LogP contribution is 2.34. The summed E-state index contributed by atoms with van der Waals surface area (Å²) in [5.74, 6) is -0.0621. The fourth-order valence-electron chi connectivity index (χ4n) is 6.79. The minimum Gasteiger partial charge on any atom is -0.423 e. The Labute approximate surface area is 224 Å². The van der Waals surface area contributed by atoms with Crippen LogP contribution in [0.1, 0.15) is 61.9 Å². The van der Waals surface area contributed by atoms with Crippen LogP contribution < -0.4 is 10.2 Å². The van der Waals surface area contributed by atoms with Crippen LogP contribution in [-0.4, -0.2) is 70.4 Å². The zero-order valence-corrected chi connectivity index (χ0v) is 22.5. The number of hydrogen-bond donors (Lipinski definition) is 1. The van der Waals surface area contributed by atoms with Gasteiger partial charge in [0, 0.05) is 37.3 Å². The number of fused-ring (bicyclic) bond motifs is 3. The highest BCUT2D eigenvalue weighted by Gasteiger charge is 2.39. The molecule has 4 atom stereocenters. The summed E-state index contributed by atoms with van der Waals surface area (Å²) in [5, 5.41) is 3.30. The van der Waals surface area contributed by atoms with Gasteiger partial charge in [0.2, 0.25) is 5.91 Å². The fourth-order valence-corrected chi connectivity index (χ4v) is 6.79. The summed E-state index contributed by atoms with van der Waals surface area (Å²) < 4.78 is 6.16. The lowest BCUT2D eigenvalue weighted by Crippen LogP contribution is -2.60. The summed E-state index contributed by atoms with van der Waals surface area (Å²) in [6.45, 7) is 5.14. The van der Waals surface area contributed by atoms with E-state index in [0.29, 0.717) is 47.9 Å². The third-order valence-electron chi connectivity index (χ3n) is 8.81. The van der Waals surface area contributed by atoms with Crippen LogP contribution in [0.25, 0.3) is 11.1 Å². The highest BCUT2D eigenvalue weighted by molar-refractivity contribution is 6.05. The molecular weight excluding hydrogens is 478 g/mol. The molecule has 3 aliphatic heterocycles. The molecule has 200 valence electrons. The molecule has 3 fully saturated rings. The summed E-state index contributed by atoms with van der Waals surface area (Å²) in [6.07, 6.45) is 5.66. The molecule has 0 radical (unpaired) electrons. The largest absolute Gasteiger partial charge is 0.423 e. The molecule has 4 heterocycles. The zero-order valence-electron chi connectivity index (χ0n) is 22.5. The Balaban J connectivity index is 1.20. The summed E-state index contributed by atoms with van der Waals surface area (Å²) in [7, 11) is 2.22. The second-order valence-electron chi connectivity index (χ2n) is 11.3. The molecular formula is C30H37N5O3. The fraction of sp³-hybridized carbons (Fsp3) is 0.500. The van der Waals surface area contributed by atoms with Crippen molar-refractivity contribution in [3.63, 3.8) is 0 Å². The van der Waals surface area contributed by atoms with Crippen molar-refractivity contribution in [2.45, 2.75) is 82.7 Å². The van der Waals surface area contributed by atoms with Gasteiger partial charge in [-0.25, -0.2) is 0 Å². The first-order chi connectivity index (χ1) is 18.4. The molecule has 2 bridgehead atoms. The molecule has 2 amide bonds. The summed E-state index contributed by atoms with van der Waals surface area (Å²) in [4.78, 5) is 37.9. The van der Waals surface area contributed by atoms with Gasteiger partial charge in [-0.15, -0.1) is 0 Å². The van der Waals surface area contributed by atoms with Gasteiger partial charge in [0.25, 0.3) is 11.9 Å². The lowest BCUT2D eigenvalue weighted by atomic mass is 9.82. The Kier molecular flexibility index (Phi) is 6.60. The van der Waals surface area contributed by atoms with E-state index in [1.807, 2.05) is 65.3 Å². The Morgan fingerprint density at radius 3 is 2.53 bits per heavy atom. The maximum absolute atomic E-state index is 13.4. The molecule has 0 aliphatic carbocycles. The highest BCUT2D eigenvalue weighted by atomic mass is 16.4. The molecule has 2 aromatic carbocycles. The van der Waals surface area contributed by atoms with Crippen LogP contribution in [-0.2, 0) is 11.3 Å². The van der Waals surface area contributed by atoms with Gasteiger partial charge in [-0.05, 0) is 64.3 Å². The number of carbonyl (C=O) groups excluding carboxylic acids is 2. The van der Waals surface area contributed by atoms with Gasteiger partial charge in [0.1, 0.15) is 11.6 Å². The minimum absolute atomic E-state index is 0.00962. The number of piperidine rings is 2. The summed E-state index contributed by atoms with van der Waals surface area (Å²) >= 11 is 0. The number of para-hydroxylation sites is 1.